The van der Waals surface area contributed by atoms with Gasteiger partial charge in [-0.25, -0.2) is 4.39 Å². The van der Waals surface area contributed by atoms with Crippen molar-refractivity contribution in [1.29, 1.82) is 0 Å². The molecule has 98 valence electrons. The van der Waals surface area contributed by atoms with E-state index in [4.69, 9.17) is 0 Å². The molecule has 19 heavy (non-hydrogen) atoms. The summed E-state index contributed by atoms with van der Waals surface area (Å²) < 4.78 is 13.2. The van der Waals surface area contributed by atoms with E-state index in [1.807, 2.05) is 18.2 Å². The molecule has 2 aromatic carbocycles. The van der Waals surface area contributed by atoms with Crippen LogP contribution in [-0.2, 0) is 13.1 Å². The Morgan fingerprint density at radius 1 is 1.16 bits per heavy atom. The van der Waals surface area contributed by atoms with Crippen LogP contribution in [0.25, 0.3) is 0 Å². The molecule has 0 aliphatic carbocycles. The Morgan fingerprint density at radius 3 is 2.74 bits per heavy atom. The first kappa shape index (κ1) is 12.3. The number of β-amino-alcohol motifs (C(OH)–C–C–N with tert-alkyl or cyclic N) is 1. The van der Waals surface area contributed by atoms with Crippen LogP contribution in [0.15, 0.2) is 48.5 Å². The molecule has 0 saturated carbocycles. The minimum atomic E-state index is -0.608. The molecule has 0 radical (unpaired) electrons. The maximum absolute atomic E-state index is 13.2. The van der Waals surface area contributed by atoms with Gasteiger partial charge in [0.2, 0.25) is 0 Å². The number of rotatable bonds is 2. The van der Waals surface area contributed by atoms with Crippen LogP contribution in [0.4, 0.5) is 4.39 Å². The first-order valence-electron chi connectivity index (χ1n) is 6.45. The minimum absolute atomic E-state index is 0.283. The molecule has 1 aliphatic heterocycles. The van der Waals surface area contributed by atoms with E-state index < -0.39 is 6.10 Å². The van der Waals surface area contributed by atoms with Crippen LogP contribution < -0.4 is 0 Å². The lowest BCUT2D eigenvalue weighted by Gasteiger charge is -2.32. The van der Waals surface area contributed by atoms with Gasteiger partial charge in [-0.05, 0) is 28.8 Å². The topological polar surface area (TPSA) is 23.5 Å². The molecule has 1 heterocycles. The Kier molecular flexibility index (Phi) is 3.32. The summed E-state index contributed by atoms with van der Waals surface area (Å²) in [6, 6.07) is 14.8. The standard InChI is InChI=1S/C16H16FNO/c17-14-7-6-13-10-18(11-16(19)15(13)8-14)9-12-4-2-1-3-5-12/h1-8,16,19H,9-11H2. The zero-order valence-corrected chi connectivity index (χ0v) is 10.6. The molecular formula is C16H16FNO. The fourth-order valence-corrected chi connectivity index (χ4v) is 2.63. The van der Waals surface area contributed by atoms with Crippen molar-refractivity contribution in [2.24, 2.45) is 0 Å². The normalized spacial score (nSPS) is 19.2. The van der Waals surface area contributed by atoms with Crippen LogP contribution in [0.1, 0.15) is 22.8 Å². The maximum Gasteiger partial charge on any atom is 0.123 e. The van der Waals surface area contributed by atoms with Crippen molar-refractivity contribution in [2.45, 2.75) is 19.2 Å². The van der Waals surface area contributed by atoms with Crippen molar-refractivity contribution in [3.63, 3.8) is 0 Å². The average molecular weight is 257 g/mol. The second-order valence-electron chi connectivity index (χ2n) is 5.01. The lowest BCUT2D eigenvalue weighted by Crippen LogP contribution is -2.33. The van der Waals surface area contributed by atoms with Gasteiger partial charge in [0.05, 0.1) is 6.10 Å². The van der Waals surface area contributed by atoms with Crippen molar-refractivity contribution in [1.82, 2.24) is 4.90 Å². The van der Waals surface area contributed by atoms with Crippen molar-refractivity contribution in [3.05, 3.63) is 71.0 Å². The van der Waals surface area contributed by atoms with E-state index in [9.17, 15) is 9.50 Å². The van der Waals surface area contributed by atoms with E-state index >= 15 is 0 Å². The van der Waals surface area contributed by atoms with Crippen LogP contribution in [-0.4, -0.2) is 16.6 Å². The van der Waals surface area contributed by atoms with Crippen molar-refractivity contribution < 1.29 is 9.50 Å². The molecule has 0 amide bonds. The third-order valence-electron chi connectivity index (χ3n) is 3.54. The van der Waals surface area contributed by atoms with Gasteiger partial charge < -0.3 is 5.11 Å². The summed E-state index contributed by atoms with van der Waals surface area (Å²) in [5.74, 6) is -0.283. The summed E-state index contributed by atoms with van der Waals surface area (Å²) in [7, 11) is 0. The Balaban J connectivity index is 1.80. The number of aliphatic hydroxyl groups is 1. The Morgan fingerprint density at radius 2 is 1.95 bits per heavy atom. The van der Waals surface area contributed by atoms with Gasteiger partial charge >= 0.3 is 0 Å². The molecule has 3 heteroatoms. The average Bonchev–Trinajstić information content (AvgIpc) is 2.41. The second kappa shape index (κ2) is 5.11. The van der Waals surface area contributed by atoms with Gasteiger partial charge in [-0.15, -0.1) is 0 Å². The molecule has 3 rings (SSSR count). The highest BCUT2D eigenvalue weighted by Crippen LogP contribution is 2.28. The summed E-state index contributed by atoms with van der Waals surface area (Å²) in [5, 5.41) is 10.1. The highest BCUT2D eigenvalue weighted by Gasteiger charge is 2.23. The fraction of sp³-hybridized carbons (Fsp3) is 0.250. The Bertz CT molecular complexity index is 570. The van der Waals surface area contributed by atoms with E-state index in [0.717, 1.165) is 24.2 Å². The third kappa shape index (κ3) is 2.67. The van der Waals surface area contributed by atoms with Gasteiger partial charge in [0.25, 0.3) is 0 Å². The van der Waals surface area contributed by atoms with E-state index in [-0.39, 0.29) is 5.82 Å². The molecule has 0 aromatic heterocycles. The number of fused-ring (bicyclic) bond motifs is 1. The molecule has 0 fully saturated rings. The van der Waals surface area contributed by atoms with E-state index in [1.165, 1.54) is 17.7 Å². The van der Waals surface area contributed by atoms with Gasteiger partial charge in [-0.1, -0.05) is 36.4 Å². The van der Waals surface area contributed by atoms with E-state index in [2.05, 4.69) is 17.0 Å². The third-order valence-corrected chi connectivity index (χ3v) is 3.54. The van der Waals surface area contributed by atoms with Crippen molar-refractivity contribution >= 4 is 0 Å². The van der Waals surface area contributed by atoms with E-state index in [1.54, 1.807) is 6.07 Å². The first-order chi connectivity index (χ1) is 9.22. The minimum Gasteiger partial charge on any atom is -0.387 e. The molecule has 1 aliphatic rings. The molecule has 0 saturated heterocycles. The Hall–Kier alpha value is -1.71. The van der Waals surface area contributed by atoms with Crippen molar-refractivity contribution in [2.75, 3.05) is 6.54 Å². The van der Waals surface area contributed by atoms with Gasteiger partial charge in [0.15, 0.2) is 0 Å². The molecule has 0 bridgehead atoms. The molecular weight excluding hydrogens is 241 g/mol. The quantitative estimate of drug-likeness (QED) is 0.894. The van der Waals surface area contributed by atoms with Crippen LogP contribution >= 0.6 is 0 Å². The molecule has 2 nitrogen and oxygen atoms in total. The van der Waals surface area contributed by atoms with Crippen molar-refractivity contribution in [3.8, 4) is 0 Å². The number of aliphatic hydroxyl groups excluding tert-OH is 1. The molecule has 2 aromatic rings. The maximum atomic E-state index is 13.2. The number of nitrogens with zero attached hydrogens (tertiary/aromatic N) is 1. The summed E-state index contributed by atoms with van der Waals surface area (Å²) in [6.07, 6.45) is -0.608. The Labute approximate surface area is 112 Å². The lowest BCUT2D eigenvalue weighted by atomic mass is 9.97. The summed E-state index contributed by atoms with van der Waals surface area (Å²) in [5.41, 5.74) is 2.96. The highest BCUT2D eigenvalue weighted by atomic mass is 19.1. The first-order valence-corrected chi connectivity index (χ1v) is 6.45. The molecule has 1 unspecified atom stereocenters. The monoisotopic (exact) mass is 257 g/mol. The summed E-state index contributed by atoms with van der Waals surface area (Å²) in [6.45, 7) is 2.10. The highest BCUT2D eigenvalue weighted by molar-refractivity contribution is 5.32. The lowest BCUT2D eigenvalue weighted by molar-refractivity contribution is 0.0878. The fourth-order valence-electron chi connectivity index (χ4n) is 2.63. The van der Waals surface area contributed by atoms with Gasteiger partial charge in [-0.2, -0.15) is 0 Å². The van der Waals surface area contributed by atoms with Crippen LogP contribution in [0.3, 0.4) is 0 Å². The predicted molar refractivity (Wildman–Crippen MR) is 71.9 cm³/mol. The number of hydrogen-bond donors (Lipinski definition) is 1. The van der Waals surface area contributed by atoms with Gasteiger partial charge in [0.1, 0.15) is 5.82 Å². The largest absolute Gasteiger partial charge is 0.387 e. The second-order valence-corrected chi connectivity index (χ2v) is 5.01. The summed E-state index contributed by atoms with van der Waals surface area (Å²) >= 11 is 0. The molecule has 0 spiro atoms. The number of benzene rings is 2. The SMILES string of the molecule is OC1CN(Cc2ccccc2)Cc2ccc(F)cc21. The summed E-state index contributed by atoms with van der Waals surface area (Å²) in [4.78, 5) is 2.18. The molecule has 1 N–H and O–H groups in total. The smallest absolute Gasteiger partial charge is 0.123 e. The van der Waals surface area contributed by atoms with Gasteiger partial charge in [-0.3, -0.25) is 4.90 Å². The number of hydrogen-bond acceptors (Lipinski definition) is 2. The van der Waals surface area contributed by atoms with Gasteiger partial charge in [0, 0.05) is 19.6 Å². The predicted octanol–water partition coefficient (Wildman–Crippen LogP) is 2.87. The van der Waals surface area contributed by atoms with Crippen LogP contribution in [0.2, 0.25) is 0 Å². The number of halogens is 1. The van der Waals surface area contributed by atoms with Crippen LogP contribution in [0, 0.1) is 5.82 Å². The zero-order valence-electron chi connectivity index (χ0n) is 10.6. The van der Waals surface area contributed by atoms with E-state index in [0.29, 0.717) is 6.54 Å². The molecule has 1 atom stereocenters. The zero-order chi connectivity index (χ0) is 13.2. The van der Waals surface area contributed by atoms with Crippen LogP contribution in [0.5, 0.6) is 0 Å².